The van der Waals surface area contributed by atoms with Crippen molar-refractivity contribution in [1.29, 1.82) is 0 Å². The van der Waals surface area contributed by atoms with Crippen LogP contribution in [0, 0.1) is 0 Å². The topological polar surface area (TPSA) is 43.4 Å². The summed E-state index contributed by atoms with van der Waals surface area (Å²) in [7, 11) is -1.32. The fourth-order valence-electron chi connectivity index (χ4n) is 2.42. The molecule has 0 spiro atoms. The summed E-state index contributed by atoms with van der Waals surface area (Å²) in [5.74, 6) is -0.381. The minimum Gasteiger partial charge on any atom is -0.469 e. The molecule has 1 aromatic rings. The molecule has 0 aromatic heterocycles. The molecule has 21 heavy (non-hydrogen) atoms. The highest BCUT2D eigenvalue weighted by Crippen LogP contribution is 2.45. The Balaban J connectivity index is 2.61. The Kier molecular flexibility index (Phi) is 8.37. The Hall–Kier alpha value is -1.08. The van der Waals surface area contributed by atoms with Gasteiger partial charge < -0.3 is 9.30 Å². The lowest BCUT2D eigenvalue weighted by Gasteiger charge is -2.17. The van der Waals surface area contributed by atoms with E-state index in [-0.39, 0.29) is 12.1 Å². The van der Waals surface area contributed by atoms with Crippen molar-refractivity contribution < 1.29 is 14.1 Å². The smallest absolute Gasteiger partial charge is 0.313 e. The van der Waals surface area contributed by atoms with Crippen LogP contribution in [0.2, 0.25) is 0 Å². The summed E-state index contributed by atoms with van der Waals surface area (Å²) >= 11 is 0. The van der Waals surface area contributed by atoms with E-state index >= 15 is 0 Å². The van der Waals surface area contributed by atoms with Crippen LogP contribution >= 0.6 is 7.14 Å². The van der Waals surface area contributed by atoms with Gasteiger partial charge in [0.05, 0.1) is 7.11 Å². The van der Waals surface area contributed by atoms with Gasteiger partial charge >= 0.3 is 5.97 Å². The Bertz CT molecular complexity index is 456. The van der Waals surface area contributed by atoms with Crippen molar-refractivity contribution in [3.05, 3.63) is 30.3 Å². The quantitative estimate of drug-likeness (QED) is 0.369. The summed E-state index contributed by atoms with van der Waals surface area (Å²) in [6.45, 7) is 2.19. The fraction of sp³-hybridized carbons (Fsp3) is 0.588. The van der Waals surface area contributed by atoms with Crippen LogP contribution in [0.15, 0.2) is 30.3 Å². The van der Waals surface area contributed by atoms with Crippen molar-refractivity contribution in [3.63, 3.8) is 0 Å². The Labute approximate surface area is 128 Å². The maximum absolute atomic E-state index is 13.2. The van der Waals surface area contributed by atoms with Crippen molar-refractivity contribution in [2.75, 3.05) is 19.4 Å². The number of unbranched alkanes of at least 4 members (excludes halogenated alkanes) is 5. The number of carbonyl (C=O) groups excluding carboxylic acids is 1. The second-order valence-corrected chi connectivity index (χ2v) is 8.51. The number of hydrogen-bond donors (Lipinski definition) is 0. The number of ether oxygens (including phenoxy) is 1. The zero-order valence-corrected chi connectivity index (χ0v) is 14.1. The molecule has 0 saturated heterocycles. The summed E-state index contributed by atoms with van der Waals surface area (Å²) < 4.78 is 17.9. The molecule has 0 aliphatic carbocycles. The number of hydrogen-bond acceptors (Lipinski definition) is 3. The Morgan fingerprint density at radius 3 is 2.29 bits per heavy atom. The number of esters is 1. The van der Waals surface area contributed by atoms with E-state index in [4.69, 9.17) is 4.74 Å². The van der Waals surface area contributed by atoms with E-state index < -0.39 is 7.14 Å². The highest BCUT2D eigenvalue weighted by Gasteiger charge is 2.27. The lowest BCUT2D eigenvalue weighted by Crippen LogP contribution is -2.17. The normalized spacial score (nSPS) is 13.6. The molecule has 0 N–H and O–H groups in total. The highest BCUT2D eigenvalue weighted by molar-refractivity contribution is 7.72. The SMILES string of the molecule is CCCCCCCC[P@@](=O)(CC(=O)OC)c1ccccc1. The molecular formula is C17H27O3P. The van der Waals surface area contributed by atoms with Crippen molar-refractivity contribution in [1.82, 2.24) is 0 Å². The van der Waals surface area contributed by atoms with Gasteiger partial charge in [0.15, 0.2) is 0 Å². The van der Waals surface area contributed by atoms with Crippen LogP contribution in [-0.2, 0) is 14.1 Å². The molecule has 0 unspecified atom stereocenters. The van der Waals surface area contributed by atoms with E-state index in [9.17, 15) is 9.36 Å². The monoisotopic (exact) mass is 310 g/mol. The molecule has 0 bridgehead atoms. The molecule has 4 heteroatoms. The number of methoxy groups -OCH3 is 1. The first kappa shape index (κ1) is 18.0. The van der Waals surface area contributed by atoms with Gasteiger partial charge in [0.1, 0.15) is 13.3 Å². The van der Waals surface area contributed by atoms with E-state index in [1.165, 1.54) is 32.8 Å². The van der Waals surface area contributed by atoms with Gasteiger partial charge in [0, 0.05) is 11.5 Å². The van der Waals surface area contributed by atoms with Crippen LogP contribution < -0.4 is 5.30 Å². The standard InChI is InChI=1S/C17H27O3P/c1-3-4-5-6-7-11-14-21(19,15-17(18)20-2)16-12-9-8-10-13-16/h8-10,12-13H,3-7,11,14-15H2,1-2H3/t21-/m1/s1. The fourth-order valence-corrected chi connectivity index (χ4v) is 5.01. The van der Waals surface area contributed by atoms with Crippen molar-refractivity contribution in [3.8, 4) is 0 Å². The molecule has 1 atom stereocenters. The van der Waals surface area contributed by atoms with Crippen LogP contribution in [0.25, 0.3) is 0 Å². The molecule has 3 nitrogen and oxygen atoms in total. The zero-order chi connectivity index (χ0) is 15.6. The van der Waals surface area contributed by atoms with Crippen LogP contribution in [0.5, 0.6) is 0 Å². The lowest BCUT2D eigenvalue weighted by atomic mass is 10.1. The largest absolute Gasteiger partial charge is 0.469 e. The lowest BCUT2D eigenvalue weighted by molar-refractivity contribution is -0.137. The second kappa shape index (κ2) is 9.78. The average Bonchev–Trinajstić information content (AvgIpc) is 2.51. The molecule has 0 radical (unpaired) electrons. The van der Waals surface area contributed by atoms with E-state index in [0.29, 0.717) is 6.16 Å². The minimum absolute atomic E-state index is 0.0163. The first-order chi connectivity index (χ1) is 10.1. The molecule has 1 rings (SSSR count). The molecule has 0 saturated carbocycles. The van der Waals surface area contributed by atoms with Crippen molar-refractivity contribution >= 4 is 18.4 Å². The predicted molar refractivity (Wildman–Crippen MR) is 88.8 cm³/mol. The Morgan fingerprint density at radius 1 is 1.05 bits per heavy atom. The van der Waals surface area contributed by atoms with Gasteiger partial charge in [0.2, 0.25) is 0 Å². The minimum atomic E-state index is -2.67. The molecule has 1 aromatic carbocycles. The summed E-state index contributed by atoms with van der Waals surface area (Å²) in [5.41, 5.74) is 0. The van der Waals surface area contributed by atoms with Crippen LogP contribution in [0.4, 0.5) is 0 Å². The zero-order valence-electron chi connectivity index (χ0n) is 13.2. The number of carbonyl (C=O) groups is 1. The van der Waals surface area contributed by atoms with Gasteiger partial charge in [-0.3, -0.25) is 4.79 Å². The van der Waals surface area contributed by atoms with Gasteiger partial charge in [-0.1, -0.05) is 69.4 Å². The molecule has 0 aliphatic heterocycles. The number of rotatable bonds is 10. The third-order valence-corrected chi connectivity index (χ3v) is 6.76. The van der Waals surface area contributed by atoms with Gasteiger partial charge in [-0.25, -0.2) is 0 Å². The first-order valence-corrected chi connectivity index (χ1v) is 9.90. The summed E-state index contributed by atoms with van der Waals surface area (Å²) in [6.07, 6.45) is 7.51. The van der Waals surface area contributed by atoms with E-state index in [1.807, 2.05) is 30.3 Å². The molecule has 0 heterocycles. The maximum Gasteiger partial charge on any atom is 0.313 e. The summed E-state index contributed by atoms with van der Waals surface area (Å²) in [4.78, 5) is 11.6. The van der Waals surface area contributed by atoms with Gasteiger partial charge in [-0.15, -0.1) is 0 Å². The van der Waals surface area contributed by atoms with Gasteiger partial charge in [0.25, 0.3) is 0 Å². The third kappa shape index (κ3) is 6.48. The summed E-state index contributed by atoms with van der Waals surface area (Å²) in [6, 6.07) is 9.37. The molecule has 118 valence electrons. The number of benzene rings is 1. The molecule has 0 amide bonds. The van der Waals surface area contributed by atoms with Crippen LogP contribution in [0.3, 0.4) is 0 Å². The van der Waals surface area contributed by atoms with Gasteiger partial charge in [-0.05, 0) is 6.42 Å². The van der Waals surface area contributed by atoms with Crippen LogP contribution in [-0.4, -0.2) is 25.4 Å². The second-order valence-electron chi connectivity index (χ2n) is 5.45. The van der Waals surface area contributed by atoms with E-state index in [2.05, 4.69) is 6.92 Å². The van der Waals surface area contributed by atoms with Crippen LogP contribution in [0.1, 0.15) is 45.4 Å². The van der Waals surface area contributed by atoms with Gasteiger partial charge in [-0.2, -0.15) is 0 Å². The first-order valence-electron chi connectivity index (χ1n) is 7.83. The van der Waals surface area contributed by atoms with E-state index in [1.54, 1.807) is 0 Å². The summed E-state index contributed by atoms with van der Waals surface area (Å²) in [5, 5.41) is 0.795. The molecule has 0 fully saturated rings. The van der Waals surface area contributed by atoms with Crippen molar-refractivity contribution in [2.24, 2.45) is 0 Å². The highest BCUT2D eigenvalue weighted by atomic mass is 31.2. The van der Waals surface area contributed by atoms with E-state index in [0.717, 1.165) is 18.1 Å². The Morgan fingerprint density at radius 2 is 1.67 bits per heavy atom. The van der Waals surface area contributed by atoms with Crippen molar-refractivity contribution in [2.45, 2.75) is 45.4 Å². The molecular weight excluding hydrogens is 283 g/mol. The predicted octanol–water partition coefficient (Wildman–Crippen LogP) is 4.21. The average molecular weight is 310 g/mol. The third-order valence-electron chi connectivity index (χ3n) is 3.71. The molecule has 0 aliphatic rings. The maximum atomic E-state index is 13.2.